The Balaban J connectivity index is 4.54. The van der Waals surface area contributed by atoms with Gasteiger partial charge in [-0.3, -0.25) is 14.4 Å². The summed E-state index contributed by atoms with van der Waals surface area (Å²) in [5, 5.41) is 0. The van der Waals surface area contributed by atoms with Crippen LogP contribution in [0.5, 0.6) is 0 Å². The van der Waals surface area contributed by atoms with Crippen LogP contribution >= 0.6 is 0 Å². The third kappa shape index (κ3) is 52.5. The molecule has 0 aliphatic rings. The summed E-state index contributed by atoms with van der Waals surface area (Å²) < 4.78 is 16.8. The number of unbranched alkanes of at least 4 members (excludes halogenated alkanes) is 17. The van der Waals surface area contributed by atoms with Crippen LogP contribution in [0, 0.1) is 0 Å². The molecule has 0 saturated carbocycles. The Kier molecular flexibility index (Phi) is 51.5. The molecule has 0 bridgehead atoms. The van der Waals surface area contributed by atoms with Crippen LogP contribution in [-0.2, 0) is 28.6 Å². The molecular formula is C62H98O6. The molecular weight excluding hydrogens is 841 g/mol. The predicted octanol–water partition coefficient (Wildman–Crippen LogP) is 18.3. The summed E-state index contributed by atoms with van der Waals surface area (Å²) in [5.74, 6) is -0.984. The van der Waals surface area contributed by atoms with Crippen molar-refractivity contribution in [2.45, 2.75) is 226 Å². The van der Waals surface area contributed by atoms with Gasteiger partial charge < -0.3 is 14.2 Å². The van der Waals surface area contributed by atoms with Gasteiger partial charge in [-0.15, -0.1) is 0 Å². The minimum atomic E-state index is -0.816. The molecule has 0 fully saturated rings. The van der Waals surface area contributed by atoms with Gasteiger partial charge in [0.1, 0.15) is 13.2 Å². The number of carbonyl (C=O) groups is 3. The standard InChI is InChI=1S/C62H98O6/c1-4-7-10-13-16-19-22-25-28-31-32-35-37-40-43-46-49-52-55-61(64)67-58-59(68-62(65)56-53-50-47-44-41-38-34-30-27-24-21-18-15-12-9-6-3)57-66-60(63)54-51-48-45-42-39-36-33-29-26-23-20-17-14-11-8-5-2/h8-9,11-12,16-22,25-32,35,38,41,59H,4-7,10,13-15,23-24,33-34,36-37,39-40,42-58H2,1-3H3/b11-8-,12-9-,19-16-,20-17-,21-18-,25-22-,29-26-,30-27-,31-28-,35-32-,41-38-. The molecule has 0 saturated heterocycles. The molecule has 6 heteroatoms. The lowest BCUT2D eigenvalue weighted by Gasteiger charge is -2.18. The first kappa shape index (κ1) is 63.5. The zero-order valence-electron chi connectivity index (χ0n) is 43.6. The van der Waals surface area contributed by atoms with E-state index in [0.717, 1.165) is 141 Å². The van der Waals surface area contributed by atoms with Crippen LogP contribution in [0.4, 0.5) is 0 Å². The number of rotatable bonds is 47. The molecule has 0 aromatic heterocycles. The van der Waals surface area contributed by atoms with Gasteiger partial charge in [0.2, 0.25) is 0 Å². The van der Waals surface area contributed by atoms with Crippen LogP contribution in [0.25, 0.3) is 0 Å². The van der Waals surface area contributed by atoms with Crippen LogP contribution in [0.1, 0.15) is 220 Å². The topological polar surface area (TPSA) is 78.9 Å². The molecule has 0 amide bonds. The van der Waals surface area contributed by atoms with Crippen molar-refractivity contribution in [3.05, 3.63) is 134 Å². The second-order valence-corrected chi connectivity index (χ2v) is 17.5. The Morgan fingerprint density at radius 1 is 0.324 bits per heavy atom. The van der Waals surface area contributed by atoms with Crippen molar-refractivity contribution in [3.63, 3.8) is 0 Å². The highest BCUT2D eigenvalue weighted by molar-refractivity contribution is 5.71. The lowest BCUT2D eigenvalue weighted by atomic mass is 10.1. The zero-order chi connectivity index (χ0) is 49.3. The van der Waals surface area contributed by atoms with Crippen LogP contribution < -0.4 is 0 Å². The first-order valence-electron chi connectivity index (χ1n) is 27.2. The Morgan fingerprint density at radius 2 is 0.632 bits per heavy atom. The average Bonchev–Trinajstić information content (AvgIpc) is 3.34. The lowest BCUT2D eigenvalue weighted by molar-refractivity contribution is -0.167. The molecule has 0 aliphatic heterocycles. The third-order valence-electron chi connectivity index (χ3n) is 11.0. The number of allylic oxidation sites excluding steroid dienone is 22. The molecule has 0 aromatic carbocycles. The predicted molar refractivity (Wildman–Crippen MR) is 292 cm³/mol. The fourth-order valence-corrected chi connectivity index (χ4v) is 6.93. The van der Waals surface area contributed by atoms with Gasteiger partial charge in [-0.05, 0) is 116 Å². The maximum Gasteiger partial charge on any atom is 0.306 e. The Labute approximate surface area is 417 Å². The van der Waals surface area contributed by atoms with E-state index in [9.17, 15) is 14.4 Å². The van der Waals surface area contributed by atoms with E-state index < -0.39 is 6.10 Å². The van der Waals surface area contributed by atoms with Crippen molar-refractivity contribution in [1.29, 1.82) is 0 Å². The molecule has 1 unspecified atom stereocenters. The van der Waals surface area contributed by atoms with Gasteiger partial charge in [-0.1, -0.05) is 219 Å². The molecule has 68 heavy (non-hydrogen) atoms. The summed E-state index contributed by atoms with van der Waals surface area (Å²) in [6.07, 6.45) is 77.1. The number of carbonyl (C=O) groups excluding carboxylic acids is 3. The Hall–Kier alpha value is -4.45. The summed E-state index contributed by atoms with van der Waals surface area (Å²) in [6.45, 7) is 6.30. The molecule has 0 aromatic rings. The van der Waals surface area contributed by atoms with Crippen LogP contribution in [0.15, 0.2) is 134 Å². The van der Waals surface area contributed by atoms with E-state index in [4.69, 9.17) is 14.2 Å². The van der Waals surface area contributed by atoms with Gasteiger partial charge in [0, 0.05) is 19.3 Å². The SMILES string of the molecule is CC/C=C\C/C=C\C/C=C\C/C=C\CCCCCC(=O)OC(COC(=O)CCCCCCC\C=C/C=C\C=C/C=C\CCCCC)COC(=O)CCCCCCCC/C=C\C/C=C\C/C=C\CC. The summed E-state index contributed by atoms with van der Waals surface area (Å²) in [5.41, 5.74) is 0. The van der Waals surface area contributed by atoms with Gasteiger partial charge in [-0.25, -0.2) is 0 Å². The van der Waals surface area contributed by atoms with E-state index in [-0.39, 0.29) is 37.5 Å². The second-order valence-electron chi connectivity index (χ2n) is 17.5. The monoisotopic (exact) mass is 939 g/mol. The van der Waals surface area contributed by atoms with Crippen molar-refractivity contribution in [2.75, 3.05) is 13.2 Å². The highest BCUT2D eigenvalue weighted by Crippen LogP contribution is 2.13. The van der Waals surface area contributed by atoms with Gasteiger partial charge in [0.15, 0.2) is 6.10 Å². The highest BCUT2D eigenvalue weighted by Gasteiger charge is 2.19. The minimum absolute atomic E-state index is 0.111. The number of hydrogen-bond acceptors (Lipinski definition) is 6. The smallest absolute Gasteiger partial charge is 0.306 e. The molecule has 382 valence electrons. The summed E-state index contributed by atoms with van der Waals surface area (Å²) >= 11 is 0. The average molecular weight is 939 g/mol. The molecule has 0 radical (unpaired) electrons. The molecule has 0 heterocycles. The van der Waals surface area contributed by atoms with E-state index in [0.29, 0.717) is 19.3 Å². The fourth-order valence-electron chi connectivity index (χ4n) is 6.93. The third-order valence-corrected chi connectivity index (χ3v) is 11.0. The quantitative estimate of drug-likeness (QED) is 0.0199. The van der Waals surface area contributed by atoms with E-state index >= 15 is 0 Å². The van der Waals surface area contributed by atoms with Crippen molar-refractivity contribution in [2.24, 2.45) is 0 Å². The molecule has 6 nitrogen and oxygen atoms in total. The van der Waals surface area contributed by atoms with Crippen LogP contribution in [0.3, 0.4) is 0 Å². The van der Waals surface area contributed by atoms with Gasteiger partial charge in [0.05, 0.1) is 0 Å². The fraction of sp³-hybridized carbons (Fsp3) is 0.597. The number of hydrogen-bond donors (Lipinski definition) is 0. The van der Waals surface area contributed by atoms with E-state index in [1.165, 1.54) is 32.1 Å². The van der Waals surface area contributed by atoms with Crippen molar-refractivity contribution in [1.82, 2.24) is 0 Å². The molecule has 0 aliphatic carbocycles. The van der Waals surface area contributed by atoms with Gasteiger partial charge in [0.25, 0.3) is 0 Å². The minimum Gasteiger partial charge on any atom is -0.462 e. The van der Waals surface area contributed by atoms with Crippen molar-refractivity contribution >= 4 is 17.9 Å². The Bertz CT molecular complexity index is 1500. The summed E-state index contributed by atoms with van der Waals surface area (Å²) in [7, 11) is 0. The number of ether oxygens (including phenoxy) is 3. The highest BCUT2D eigenvalue weighted by atomic mass is 16.6. The van der Waals surface area contributed by atoms with Crippen molar-refractivity contribution in [3.8, 4) is 0 Å². The van der Waals surface area contributed by atoms with Gasteiger partial charge >= 0.3 is 17.9 Å². The number of esters is 3. The molecule has 0 N–H and O–H groups in total. The normalized spacial score (nSPS) is 13.2. The summed E-state index contributed by atoms with van der Waals surface area (Å²) in [4.78, 5) is 38.1. The first-order chi connectivity index (χ1) is 33.5. The molecule has 0 spiro atoms. The van der Waals surface area contributed by atoms with E-state index in [1.807, 2.05) is 0 Å². The molecule has 1 atom stereocenters. The zero-order valence-corrected chi connectivity index (χ0v) is 43.6. The Morgan fingerprint density at radius 3 is 1.04 bits per heavy atom. The first-order valence-corrected chi connectivity index (χ1v) is 27.2. The molecule has 0 rings (SSSR count). The maximum atomic E-state index is 12.8. The van der Waals surface area contributed by atoms with Gasteiger partial charge in [-0.2, -0.15) is 0 Å². The summed E-state index contributed by atoms with van der Waals surface area (Å²) in [6, 6.07) is 0. The second kappa shape index (κ2) is 55.1. The van der Waals surface area contributed by atoms with E-state index in [2.05, 4.69) is 154 Å². The largest absolute Gasteiger partial charge is 0.462 e. The van der Waals surface area contributed by atoms with Crippen molar-refractivity contribution < 1.29 is 28.6 Å². The lowest BCUT2D eigenvalue weighted by Crippen LogP contribution is -2.30. The van der Waals surface area contributed by atoms with Crippen LogP contribution in [0.2, 0.25) is 0 Å². The van der Waals surface area contributed by atoms with Crippen LogP contribution in [-0.4, -0.2) is 37.2 Å². The maximum absolute atomic E-state index is 12.8. The van der Waals surface area contributed by atoms with E-state index in [1.54, 1.807) is 0 Å².